The largest absolute Gasteiger partial charge is 0.378 e. The summed E-state index contributed by atoms with van der Waals surface area (Å²) in [6.45, 7) is 12.7. The third-order valence-electron chi connectivity index (χ3n) is 2.72. The lowest BCUT2D eigenvalue weighted by atomic mass is 9.93. The van der Waals surface area contributed by atoms with Crippen LogP contribution in [0.2, 0.25) is 0 Å². The van der Waals surface area contributed by atoms with Crippen LogP contribution in [0.15, 0.2) is 0 Å². The van der Waals surface area contributed by atoms with Crippen LogP contribution >= 0.6 is 0 Å². The lowest BCUT2D eigenvalue weighted by Crippen LogP contribution is -2.44. The van der Waals surface area contributed by atoms with Gasteiger partial charge in [-0.2, -0.15) is 0 Å². The monoisotopic (exact) mass is 215 g/mol. The molecule has 0 heterocycles. The summed E-state index contributed by atoms with van der Waals surface area (Å²) in [7, 11) is 0. The van der Waals surface area contributed by atoms with Crippen LogP contribution in [0.1, 0.15) is 60.3 Å². The third-order valence-corrected chi connectivity index (χ3v) is 2.72. The highest BCUT2D eigenvalue weighted by Gasteiger charge is 2.27. The molecule has 15 heavy (non-hydrogen) atoms. The van der Waals surface area contributed by atoms with Crippen LogP contribution in [-0.2, 0) is 0 Å². The molecule has 0 spiro atoms. The molecule has 0 rings (SSSR count). The molecular weight excluding hydrogens is 186 g/mol. The van der Waals surface area contributed by atoms with Crippen molar-refractivity contribution in [2.75, 3.05) is 13.1 Å². The predicted molar refractivity (Wildman–Crippen MR) is 66.9 cm³/mol. The Morgan fingerprint density at radius 3 is 1.67 bits per heavy atom. The Morgan fingerprint density at radius 1 is 1.00 bits per heavy atom. The summed E-state index contributed by atoms with van der Waals surface area (Å²) in [5.41, 5.74) is -0.0402. The number of hydrogen-bond acceptors (Lipinski definition) is 2. The maximum atomic E-state index is 10.2. The van der Waals surface area contributed by atoms with Gasteiger partial charge >= 0.3 is 0 Å². The highest BCUT2D eigenvalue weighted by Crippen LogP contribution is 2.22. The van der Waals surface area contributed by atoms with E-state index in [0.29, 0.717) is 0 Å². The molecule has 0 saturated carbocycles. The van der Waals surface area contributed by atoms with Gasteiger partial charge in [-0.1, -0.05) is 47.5 Å². The molecule has 0 saturated heterocycles. The van der Waals surface area contributed by atoms with E-state index in [4.69, 9.17) is 0 Å². The van der Waals surface area contributed by atoms with Gasteiger partial charge in [0, 0.05) is 18.5 Å². The zero-order chi connectivity index (χ0) is 11.9. The summed E-state index contributed by atoms with van der Waals surface area (Å²) < 4.78 is 0. The van der Waals surface area contributed by atoms with Gasteiger partial charge in [0.1, 0.15) is 6.23 Å². The Morgan fingerprint density at radius 2 is 1.40 bits per heavy atom. The summed E-state index contributed by atoms with van der Waals surface area (Å²) in [4.78, 5) is 2.23. The smallest absolute Gasteiger partial charge is 0.112 e. The van der Waals surface area contributed by atoms with E-state index in [2.05, 4.69) is 39.5 Å². The van der Waals surface area contributed by atoms with E-state index in [0.717, 1.165) is 13.1 Å². The molecule has 0 aromatic rings. The normalized spacial score (nSPS) is 14.6. The van der Waals surface area contributed by atoms with Gasteiger partial charge in [0.25, 0.3) is 0 Å². The average molecular weight is 215 g/mol. The number of rotatable bonds is 7. The van der Waals surface area contributed by atoms with Gasteiger partial charge in [0.2, 0.25) is 0 Å². The second kappa shape index (κ2) is 7.24. The SMILES string of the molecule is CCCCN(CCCC)C(O)C(C)(C)C. The van der Waals surface area contributed by atoms with E-state index in [-0.39, 0.29) is 11.6 Å². The fourth-order valence-electron chi connectivity index (χ4n) is 1.63. The van der Waals surface area contributed by atoms with Crippen LogP contribution in [-0.4, -0.2) is 29.3 Å². The zero-order valence-electron chi connectivity index (χ0n) is 11.2. The number of aliphatic hydroxyl groups is 1. The molecule has 2 nitrogen and oxygen atoms in total. The van der Waals surface area contributed by atoms with E-state index in [1.54, 1.807) is 0 Å². The van der Waals surface area contributed by atoms with Crippen LogP contribution in [0, 0.1) is 5.41 Å². The van der Waals surface area contributed by atoms with Crippen molar-refractivity contribution in [3.8, 4) is 0 Å². The molecule has 0 bridgehead atoms. The Labute approximate surface area is 95.7 Å². The van der Waals surface area contributed by atoms with E-state index in [1.807, 2.05) is 0 Å². The molecule has 2 heteroatoms. The van der Waals surface area contributed by atoms with Crippen molar-refractivity contribution in [1.82, 2.24) is 4.90 Å². The Balaban J connectivity index is 4.20. The first-order valence-corrected chi connectivity index (χ1v) is 6.35. The molecule has 0 aliphatic carbocycles. The standard InChI is InChI=1S/C13H29NO/c1-6-8-10-14(11-9-7-2)12(15)13(3,4)5/h12,15H,6-11H2,1-5H3. The van der Waals surface area contributed by atoms with Crippen LogP contribution in [0.3, 0.4) is 0 Å². The fraction of sp³-hybridized carbons (Fsp3) is 1.00. The van der Waals surface area contributed by atoms with Crippen molar-refractivity contribution >= 4 is 0 Å². The van der Waals surface area contributed by atoms with Gasteiger partial charge in [-0.25, -0.2) is 0 Å². The number of unbranched alkanes of at least 4 members (excludes halogenated alkanes) is 2. The quantitative estimate of drug-likeness (QED) is 0.659. The molecule has 0 fully saturated rings. The lowest BCUT2D eigenvalue weighted by Gasteiger charge is -2.36. The van der Waals surface area contributed by atoms with E-state index >= 15 is 0 Å². The van der Waals surface area contributed by atoms with Crippen LogP contribution in [0.4, 0.5) is 0 Å². The maximum Gasteiger partial charge on any atom is 0.112 e. The lowest BCUT2D eigenvalue weighted by molar-refractivity contribution is -0.0714. The number of nitrogens with zero attached hydrogens (tertiary/aromatic N) is 1. The molecule has 0 aromatic heterocycles. The third kappa shape index (κ3) is 6.16. The molecule has 0 amide bonds. The Bertz CT molecular complexity index is 143. The van der Waals surface area contributed by atoms with E-state index in [9.17, 15) is 5.11 Å². The molecule has 1 atom stereocenters. The molecule has 1 unspecified atom stereocenters. The molecule has 0 aliphatic heterocycles. The minimum Gasteiger partial charge on any atom is -0.378 e. The summed E-state index contributed by atoms with van der Waals surface area (Å²) in [5.74, 6) is 0. The van der Waals surface area contributed by atoms with Crippen molar-refractivity contribution in [2.24, 2.45) is 5.41 Å². The first-order valence-electron chi connectivity index (χ1n) is 6.35. The first-order chi connectivity index (χ1) is 6.93. The Kier molecular flexibility index (Phi) is 7.20. The molecule has 92 valence electrons. The highest BCUT2D eigenvalue weighted by atomic mass is 16.3. The highest BCUT2D eigenvalue weighted by molar-refractivity contribution is 4.74. The number of hydrogen-bond donors (Lipinski definition) is 1. The minimum atomic E-state index is -0.310. The molecule has 0 radical (unpaired) electrons. The van der Waals surface area contributed by atoms with E-state index in [1.165, 1.54) is 25.7 Å². The van der Waals surface area contributed by atoms with Gasteiger partial charge in [0.05, 0.1) is 0 Å². The molecular formula is C13H29NO. The second-order valence-electron chi connectivity index (χ2n) is 5.48. The van der Waals surface area contributed by atoms with Gasteiger partial charge in [-0.3, -0.25) is 4.90 Å². The van der Waals surface area contributed by atoms with Gasteiger partial charge in [-0.15, -0.1) is 0 Å². The topological polar surface area (TPSA) is 23.5 Å². The maximum absolute atomic E-state index is 10.2. The van der Waals surface area contributed by atoms with Crippen molar-refractivity contribution < 1.29 is 5.11 Å². The molecule has 0 aliphatic rings. The number of aliphatic hydroxyl groups excluding tert-OH is 1. The van der Waals surface area contributed by atoms with Crippen LogP contribution < -0.4 is 0 Å². The zero-order valence-corrected chi connectivity index (χ0v) is 11.2. The summed E-state index contributed by atoms with van der Waals surface area (Å²) >= 11 is 0. The minimum absolute atomic E-state index is 0.0402. The van der Waals surface area contributed by atoms with Crippen LogP contribution in [0.5, 0.6) is 0 Å². The first kappa shape index (κ1) is 14.9. The fourth-order valence-corrected chi connectivity index (χ4v) is 1.63. The summed E-state index contributed by atoms with van der Waals surface area (Å²) in [6.07, 6.45) is 4.43. The second-order valence-corrected chi connectivity index (χ2v) is 5.48. The van der Waals surface area contributed by atoms with Gasteiger partial charge in [-0.05, 0) is 12.8 Å². The Hall–Kier alpha value is -0.0800. The van der Waals surface area contributed by atoms with Gasteiger partial charge < -0.3 is 5.11 Å². The average Bonchev–Trinajstić information content (AvgIpc) is 2.16. The summed E-state index contributed by atoms with van der Waals surface area (Å²) in [6, 6.07) is 0. The van der Waals surface area contributed by atoms with Crippen molar-refractivity contribution in [1.29, 1.82) is 0 Å². The predicted octanol–water partition coefficient (Wildman–Crippen LogP) is 3.25. The van der Waals surface area contributed by atoms with Crippen molar-refractivity contribution in [3.63, 3.8) is 0 Å². The van der Waals surface area contributed by atoms with Crippen LogP contribution in [0.25, 0.3) is 0 Å². The molecule has 0 aromatic carbocycles. The molecule has 1 N–H and O–H groups in total. The summed E-state index contributed by atoms with van der Waals surface area (Å²) in [5, 5.41) is 10.2. The van der Waals surface area contributed by atoms with Gasteiger partial charge in [0.15, 0.2) is 0 Å². The van der Waals surface area contributed by atoms with Crippen molar-refractivity contribution in [2.45, 2.75) is 66.5 Å². The van der Waals surface area contributed by atoms with Crippen molar-refractivity contribution in [3.05, 3.63) is 0 Å². The van der Waals surface area contributed by atoms with E-state index < -0.39 is 0 Å².